The molecule has 44 heavy (non-hydrogen) atoms. The third kappa shape index (κ3) is 9.47. The van der Waals surface area contributed by atoms with E-state index in [0.717, 1.165) is 30.6 Å². The molecule has 10 heteroatoms. The van der Waals surface area contributed by atoms with Crippen LogP contribution >= 0.6 is 11.6 Å². The Bertz CT molecular complexity index is 1610. The summed E-state index contributed by atoms with van der Waals surface area (Å²) in [6, 6.07) is 16.8. The number of aromatic nitrogens is 1. The number of unbranched alkanes of at least 4 members (excludes halogenated alkanes) is 6. The SMILES string of the molecule is CCCCCCN(CCCCCC)c1ccc(N=C2N=C(c3ccccn3)N=C2c2cc(Cl)ccc2NS(C)(=O)=O)c(C)c1. The van der Waals surface area contributed by atoms with E-state index in [1.54, 1.807) is 24.4 Å². The second-order valence-electron chi connectivity index (χ2n) is 11.2. The second kappa shape index (κ2) is 16.0. The van der Waals surface area contributed by atoms with Gasteiger partial charge in [-0.3, -0.25) is 9.71 Å². The first kappa shape index (κ1) is 33.3. The van der Waals surface area contributed by atoms with Crippen LogP contribution in [0.5, 0.6) is 0 Å². The van der Waals surface area contributed by atoms with E-state index >= 15 is 0 Å². The number of amidine groups is 2. The number of pyridine rings is 1. The number of aliphatic imine (C=N–C) groups is 3. The maximum Gasteiger partial charge on any atom is 0.229 e. The summed E-state index contributed by atoms with van der Waals surface area (Å²) in [7, 11) is -3.57. The molecule has 1 aromatic heterocycles. The molecule has 4 rings (SSSR count). The molecular formula is C34H43ClN6O2S. The number of hydrogen-bond donors (Lipinski definition) is 1. The van der Waals surface area contributed by atoms with Gasteiger partial charge >= 0.3 is 0 Å². The highest BCUT2D eigenvalue weighted by molar-refractivity contribution is 7.92. The van der Waals surface area contributed by atoms with Crippen LogP contribution in [0.15, 0.2) is 75.8 Å². The number of hydrogen-bond acceptors (Lipinski definition) is 6. The van der Waals surface area contributed by atoms with Crippen molar-refractivity contribution in [3.63, 3.8) is 0 Å². The first-order valence-electron chi connectivity index (χ1n) is 15.5. The molecule has 1 aliphatic heterocycles. The summed E-state index contributed by atoms with van der Waals surface area (Å²) in [4.78, 5) is 21.4. The van der Waals surface area contributed by atoms with E-state index in [1.165, 1.54) is 57.1 Å². The molecule has 3 aromatic rings. The fourth-order valence-electron chi connectivity index (χ4n) is 5.11. The van der Waals surface area contributed by atoms with Crippen LogP contribution in [0.4, 0.5) is 17.1 Å². The highest BCUT2D eigenvalue weighted by Gasteiger charge is 2.25. The molecule has 2 aromatic carbocycles. The minimum Gasteiger partial charge on any atom is -0.372 e. The van der Waals surface area contributed by atoms with Crippen LogP contribution in [0.3, 0.4) is 0 Å². The lowest BCUT2D eigenvalue weighted by Crippen LogP contribution is -2.25. The van der Waals surface area contributed by atoms with Crippen molar-refractivity contribution < 1.29 is 8.42 Å². The van der Waals surface area contributed by atoms with Crippen LogP contribution in [0.2, 0.25) is 5.02 Å². The van der Waals surface area contributed by atoms with Gasteiger partial charge in [-0.05, 0) is 73.9 Å². The Morgan fingerprint density at radius 1 is 0.886 bits per heavy atom. The zero-order valence-electron chi connectivity index (χ0n) is 26.2. The van der Waals surface area contributed by atoms with Crippen LogP contribution in [-0.4, -0.2) is 50.1 Å². The predicted octanol–water partition coefficient (Wildman–Crippen LogP) is 8.36. The van der Waals surface area contributed by atoms with Gasteiger partial charge in [0.05, 0.1) is 17.6 Å². The van der Waals surface area contributed by atoms with Gasteiger partial charge in [-0.25, -0.2) is 23.4 Å². The topological polar surface area (TPSA) is 99.4 Å². The smallest absolute Gasteiger partial charge is 0.229 e. The van der Waals surface area contributed by atoms with E-state index in [9.17, 15) is 8.42 Å². The van der Waals surface area contributed by atoms with Gasteiger partial charge in [-0.2, -0.15) is 0 Å². The van der Waals surface area contributed by atoms with Crippen molar-refractivity contribution in [1.82, 2.24) is 4.98 Å². The van der Waals surface area contributed by atoms with Gasteiger partial charge in [-0.15, -0.1) is 0 Å². The second-order valence-corrected chi connectivity index (χ2v) is 13.4. The maximum atomic E-state index is 12.2. The molecule has 0 radical (unpaired) electrons. The quantitative estimate of drug-likeness (QED) is 0.160. The van der Waals surface area contributed by atoms with Crippen molar-refractivity contribution in [1.29, 1.82) is 0 Å². The number of nitrogens with zero attached hydrogens (tertiary/aromatic N) is 5. The molecule has 0 saturated carbocycles. The summed E-state index contributed by atoms with van der Waals surface area (Å²) in [5.41, 5.74) is 4.81. The third-order valence-corrected chi connectivity index (χ3v) is 8.23. The van der Waals surface area contributed by atoms with Gasteiger partial charge < -0.3 is 4.90 Å². The zero-order valence-corrected chi connectivity index (χ0v) is 27.8. The fourth-order valence-corrected chi connectivity index (χ4v) is 5.86. The largest absolute Gasteiger partial charge is 0.372 e. The Kier molecular flexibility index (Phi) is 12.1. The van der Waals surface area contributed by atoms with Crippen LogP contribution in [-0.2, 0) is 10.0 Å². The predicted molar refractivity (Wildman–Crippen MR) is 186 cm³/mol. The van der Waals surface area contributed by atoms with Crippen molar-refractivity contribution >= 4 is 56.1 Å². The number of sulfonamides is 1. The lowest BCUT2D eigenvalue weighted by Gasteiger charge is -2.26. The Balaban J connectivity index is 1.71. The molecule has 1 aliphatic rings. The van der Waals surface area contributed by atoms with Crippen LogP contribution < -0.4 is 9.62 Å². The molecule has 0 bridgehead atoms. The van der Waals surface area contributed by atoms with E-state index in [4.69, 9.17) is 26.6 Å². The monoisotopic (exact) mass is 634 g/mol. The number of benzene rings is 2. The summed E-state index contributed by atoms with van der Waals surface area (Å²) < 4.78 is 26.9. The van der Waals surface area contributed by atoms with Gasteiger partial charge in [0.1, 0.15) is 11.4 Å². The summed E-state index contributed by atoms with van der Waals surface area (Å²) in [6.07, 6.45) is 12.6. The fraction of sp³-hybridized carbons (Fsp3) is 0.412. The number of nitrogens with one attached hydrogen (secondary N) is 1. The van der Waals surface area contributed by atoms with E-state index in [-0.39, 0.29) is 0 Å². The molecular weight excluding hydrogens is 592 g/mol. The average Bonchev–Trinajstić information content (AvgIpc) is 3.41. The minimum atomic E-state index is -3.57. The number of rotatable bonds is 16. The number of aryl methyl sites for hydroxylation is 1. The lowest BCUT2D eigenvalue weighted by molar-refractivity contribution is 0.607. The first-order valence-corrected chi connectivity index (χ1v) is 17.8. The molecule has 8 nitrogen and oxygen atoms in total. The standard InChI is InChI=1S/C34H43ClN6O2S/c1-5-7-9-13-21-41(22-14-10-8-6-2)27-17-19-29(25(3)23-27)37-34-32(38-33(39-34)31-15-11-12-20-36-31)28-24-26(35)16-18-30(28)40-44(4,42)43/h11-12,15-20,23-24,40H,5-10,13-14,21-22H2,1-4H3. The maximum absolute atomic E-state index is 12.2. The van der Waals surface area contributed by atoms with Gasteiger partial charge in [0.2, 0.25) is 10.0 Å². The van der Waals surface area contributed by atoms with Crippen LogP contribution in [0, 0.1) is 6.92 Å². The van der Waals surface area contributed by atoms with Crippen molar-refractivity contribution in [3.8, 4) is 0 Å². The van der Waals surface area contributed by atoms with E-state index in [0.29, 0.717) is 39.4 Å². The highest BCUT2D eigenvalue weighted by Crippen LogP contribution is 2.30. The first-order chi connectivity index (χ1) is 21.2. The molecule has 2 heterocycles. The molecule has 0 unspecified atom stereocenters. The van der Waals surface area contributed by atoms with Gasteiger partial charge in [0, 0.05) is 35.6 Å². The lowest BCUT2D eigenvalue weighted by atomic mass is 10.1. The molecule has 1 N–H and O–H groups in total. The van der Waals surface area contributed by atoms with E-state index in [2.05, 4.69) is 47.5 Å². The molecule has 0 spiro atoms. The van der Waals surface area contributed by atoms with E-state index in [1.807, 2.05) is 24.3 Å². The highest BCUT2D eigenvalue weighted by atomic mass is 35.5. The molecule has 234 valence electrons. The molecule has 0 atom stereocenters. The van der Waals surface area contributed by atoms with Crippen LogP contribution in [0.25, 0.3) is 0 Å². The minimum absolute atomic E-state index is 0.342. The zero-order chi connectivity index (χ0) is 31.5. The molecule has 0 amide bonds. The number of halogens is 1. The average molecular weight is 635 g/mol. The molecule has 0 aliphatic carbocycles. The Labute approximate surface area is 267 Å². The molecule has 0 fully saturated rings. The normalized spacial score (nSPS) is 14.1. The summed E-state index contributed by atoms with van der Waals surface area (Å²) in [6.45, 7) is 8.62. The molecule has 0 saturated heterocycles. The summed E-state index contributed by atoms with van der Waals surface area (Å²) in [5, 5.41) is 0.436. The van der Waals surface area contributed by atoms with Crippen molar-refractivity contribution in [2.45, 2.75) is 72.1 Å². The van der Waals surface area contributed by atoms with Gasteiger partial charge in [0.25, 0.3) is 0 Å². The van der Waals surface area contributed by atoms with Crippen molar-refractivity contribution in [3.05, 3.63) is 82.6 Å². The van der Waals surface area contributed by atoms with Crippen LogP contribution in [0.1, 0.15) is 82.0 Å². The Hall–Kier alpha value is -3.56. The Morgan fingerprint density at radius 2 is 1.61 bits per heavy atom. The van der Waals surface area contributed by atoms with Crippen molar-refractivity contribution in [2.24, 2.45) is 15.0 Å². The third-order valence-electron chi connectivity index (χ3n) is 7.40. The van der Waals surface area contributed by atoms with E-state index < -0.39 is 10.0 Å². The summed E-state index contributed by atoms with van der Waals surface area (Å²) in [5.74, 6) is 0.751. The summed E-state index contributed by atoms with van der Waals surface area (Å²) >= 11 is 6.38. The van der Waals surface area contributed by atoms with Crippen molar-refractivity contribution in [2.75, 3.05) is 29.0 Å². The van der Waals surface area contributed by atoms with Gasteiger partial charge in [0.15, 0.2) is 11.7 Å². The number of anilines is 2. The van der Waals surface area contributed by atoms with Gasteiger partial charge in [-0.1, -0.05) is 70.0 Å². The Morgan fingerprint density at radius 3 is 2.23 bits per heavy atom.